The minimum absolute atomic E-state index is 0.0210. The van der Waals surface area contributed by atoms with Crippen LogP contribution >= 0.6 is 0 Å². The van der Waals surface area contributed by atoms with E-state index in [1.807, 2.05) is 85.7 Å². The number of esters is 1. The van der Waals surface area contributed by atoms with Crippen molar-refractivity contribution in [2.75, 3.05) is 0 Å². The van der Waals surface area contributed by atoms with Crippen molar-refractivity contribution in [1.29, 1.82) is 0 Å². The monoisotopic (exact) mass is 436 g/mol. The van der Waals surface area contributed by atoms with E-state index in [1.54, 1.807) is 19.9 Å². The molecular formula is C28H36O4. The predicted octanol–water partition coefficient (Wildman–Crippen LogP) is 6.62. The van der Waals surface area contributed by atoms with Crippen LogP contribution < -0.4 is 4.74 Å². The van der Waals surface area contributed by atoms with Crippen molar-refractivity contribution in [2.45, 2.75) is 80.4 Å². The second-order valence-corrected chi connectivity index (χ2v) is 10.0. The molecule has 4 nitrogen and oxygen atoms in total. The second-order valence-electron chi connectivity index (χ2n) is 10.0. The maximum absolute atomic E-state index is 12.8. The van der Waals surface area contributed by atoms with Crippen molar-refractivity contribution < 1.29 is 19.1 Å². The molecule has 0 aromatic heterocycles. The van der Waals surface area contributed by atoms with Gasteiger partial charge in [0.25, 0.3) is 0 Å². The SMILES string of the molecule is Cc1cc(C)c(C(=O)C=Cc2cc(C)c(OC(C)(C)C(=O)OC(C)(C)C)c(C)c2)cc1C. The van der Waals surface area contributed by atoms with E-state index in [0.717, 1.165) is 33.4 Å². The van der Waals surface area contributed by atoms with Crippen LogP contribution in [0.2, 0.25) is 0 Å². The summed E-state index contributed by atoms with van der Waals surface area (Å²) in [6.45, 7) is 18.8. The average Bonchev–Trinajstić information content (AvgIpc) is 2.64. The first-order chi connectivity index (χ1) is 14.6. The summed E-state index contributed by atoms with van der Waals surface area (Å²) in [6, 6.07) is 7.89. The lowest BCUT2D eigenvalue weighted by atomic mass is 9.97. The van der Waals surface area contributed by atoms with Gasteiger partial charge in [-0.3, -0.25) is 4.79 Å². The number of hydrogen-bond acceptors (Lipinski definition) is 4. The summed E-state index contributed by atoms with van der Waals surface area (Å²) in [5.41, 5.74) is 4.94. The normalized spacial score (nSPS) is 12.2. The molecule has 0 bridgehead atoms. The Bertz CT molecular complexity index is 1040. The highest BCUT2D eigenvalue weighted by atomic mass is 16.6. The fourth-order valence-electron chi connectivity index (χ4n) is 3.43. The summed E-state index contributed by atoms with van der Waals surface area (Å²) in [7, 11) is 0. The lowest BCUT2D eigenvalue weighted by Crippen LogP contribution is -2.43. The highest BCUT2D eigenvalue weighted by Gasteiger charge is 2.35. The summed E-state index contributed by atoms with van der Waals surface area (Å²) in [4.78, 5) is 25.3. The van der Waals surface area contributed by atoms with Gasteiger partial charge in [0.1, 0.15) is 11.4 Å². The van der Waals surface area contributed by atoms with E-state index >= 15 is 0 Å². The molecule has 2 aromatic rings. The van der Waals surface area contributed by atoms with Crippen molar-refractivity contribution >= 4 is 17.8 Å². The maximum atomic E-state index is 12.8. The number of benzene rings is 2. The van der Waals surface area contributed by atoms with Crippen LogP contribution in [0.4, 0.5) is 0 Å². The molecule has 0 aliphatic heterocycles. The third-order valence-electron chi connectivity index (χ3n) is 5.26. The lowest BCUT2D eigenvalue weighted by molar-refractivity contribution is -0.171. The van der Waals surface area contributed by atoms with Gasteiger partial charge in [-0.25, -0.2) is 4.79 Å². The van der Waals surface area contributed by atoms with Crippen molar-refractivity contribution in [3.8, 4) is 5.75 Å². The van der Waals surface area contributed by atoms with Gasteiger partial charge in [-0.05, 0) is 127 Å². The number of hydrogen-bond donors (Lipinski definition) is 0. The van der Waals surface area contributed by atoms with Crippen molar-refractivity contribution in [2.24, 2.45) is 0 Å². The quantitative estimate of drug-likeness (QED) is 0.290. The Morgan fingerprint density at radius 2 is 1.28 bits per heavy atom. The van der Waals surface area contributed by atoms with Gasteiger partial charge in [-0.2, -0.15) is 0 Å². The van der Waals surface area contributed by atoms with Crippen LogP contribution in [0.1, 0.15) is 78.4 Å². The number of carbonyl (C=O) groups is 2. The number of ketones is 1. The molecule has 0 spiro atoms. The number of carbonyl (C=O) groups excluding carboxylic acids is 2. The van der Waals surface area contributed by atoms with Gasteiger partial charge in [-0.15, -0.1) is 0 Å². The number of aryl methyl sites for hydroxylation is 5. The van der Waals surface area contributed by atoms with Gasteiger partial charge in [0.05, 0.1) is 0 Å². The lowest BCUT2D eigenvalue weighted by Gasteiger charge is -2.30. The molecule has 0 unspecified atom stereocenters. The first kappa shape index (κ1) is 25.4. The molecule has 2 rings (SSSR count). The molecule has 0 saturated heterocycles. The Kier molecular flexibility index (Phi) is 7.39. The summed E-state index contributed by atoms with van der Waals surface area (Å²) < 4.78 is 11.6. The van der Waals surface area contributed by atoms with Crippen LogP contribution in [-0.2, 0) is 9.53 Å². The highest BCUT2D eigenvalue weighted by Crippen LogP contribution is 2.30. The predicted molar refractivity (Wildman–Crippen MR) is 130 cm³/mol. The summed E-state index contributed by atoms with van der Waals surface area (Å²) in [5, 5.41) is 0. The smallest absolute Gasteiger partial charge is 0.350 e. The summed E-state index contributed by atoms with van der Waals surface area (Å²) >= 11 is 0. The van der Waals surface area contributed by atoms with Crippen LogP contribution in [0.25, 0.3) is 6.08 Å². The minimum atomic E-state index is -1.13. The fraction of sp³-hybridized carbons (Fsp3) is 0.429. The molecular weight excluding hydrogens is 400 g/mol. The Hall–Kier alpha value is -2.88. The van der Waals surface area contributed by atoms with E-state index in [2.05, 4.69) is 0 Å². The standard InChI is InChI=1S/C28H36O4/c1-17-13-19(3)23(16-18(17)2)24(29)12-11-22-14-20(4)25(21(5)15-22)31-28(9,10)26(30)32-27(6,7)8/h11-16H,1-10H3. The van der Waals surface area contributed by atoms with E-state index in [-0.39, 0.29) is 5.78 Å². The molecule has 172 valence electrons. The molecule has 2 aromatic carbocycles. The van der Waals surface area contributed by atoms with Crippen LogP contribution in [0.5, 0.6) is 5.75 Å². The molecule has 0 fully saturated rings. The molecule has 0 radical (unpaired) electrons. The number of allylic oxidation sites excluding steroid dienone is 1. The van der Waals surface area contributed by atoms with E-state index < -0.39 is 17.2 Å². The maximum Gasteiger partial charge on any atom is 0.350 e. The van der Waals surface area contributed by atoms with Crippen molar-refractivity contribution in [3.05, 3.63) is 69.3 Å². The summed E-state index contributed by atoms with van der Waals surface area (Å²) in [6.07, 6.45) is 3.43. The molecule has 0 amide bonds. The molecule has 0 aliphatic rings. The van der Waals surface area contributed by atoms with Gasteiger partial charge < -0.3 is 9.47 Å². The van der Waals surface area contributed by atoms with Gasteiger partial charge >= 0.3 is 5.97 Å². The minimum Gasteiger partial charge on any atom is -0.476 e. The van der Waals surface area contributed by atoms with Gasteiger partial charge in [0.2, 0.25) is 0 Å². The molecule has 0 N–H and O–H groups in total. The van der Waals surface area contributed by atoms with E-state index in [1.165, 1.54) is 5.56 Å². The molecule has 0 saturated carbocycles. The van der Waals surface area contributed by atoms with Crippen LogP contribution in [0.15, 0.2) is 30.3 Å². The van der Waals surface area contributed by atoms with Crippen molar-refractivity contribution in [3.63, 3.8) is 0 Å². The Labute approximate surface area is 192 Å². The Morgan fingerprint density at radius 3 is 1.81 bits per heavy atom. The molecule has 32 heavy (non-hydrogen) atoms. The van der Waals surface area contributed by atoms with Gasteiger partial charge in [0.15, 0.2) is 11.4 Å². The first-order valence-electron chi connectivity index (χ1n) is 10.9. The highest BCUT2D eigenvalue weighted by molar-refractivity contribution is 6.08. The van der Waals surface area contributed by atoms with Crippen LogP contribution in [0.3, 0.4) is 0 Å². The Morgan fingerprint density at radius 1 is 0.750 bits per heavy atom. The fourth-order valence-corrected chi connectivity index (χ4v) is 3.43. The van der Waals surface area contributed by atoms with Gasteiger partial charge in [-0.1, -0.05) is 12.1 Å². The second kappa shape index (κ2) is 9.32. The Balaban J connectivity index is 2.25. The number of ether oxygens (including phenoxy) is 2. The first-order valence-corrected chi connectivity index (χ1v) is 10.9. The molecule has 4 heteroatoms. The topological polar surface area (TPSA) is 52.6 Å². The third kappa shape index (κ3) is 6.32. The van der Waals surface area contributed by atoms with Crippen molar-refractivity contribution in [1.82, 2.24) is 0 Å². The third-order valence-corrected chi connectivity index (χ3v) is 5.26. The van der Waals surface area contributed by atoms with E-state index in [9.17, 15) is 9.59 Å². The average molecular weight is 437 g/mol. The summed E-state index contributed by atoms with van der Waals surface area (Å²) in [5.74, 6) is 0.212. The van der Waals surface area contributed by atoms with Crippen LogP contribution in [-0.4, -0.2) is 23.0 Å². The van der Waals surface area contributed by atoms with Crippen LogP contribution in [0, 0.1) is 34.6 Å². The zero-order valence-electron chi connectivity index (χ0n) is 21.1. The van der Waals surface area contributed by atoms with Gasteiger partial charge in [0, 0.05) is 5.56 Å². The zero-order valence-corrected chi connectivity index (χ0v) is 21.1. The molecule has 0 heterocycles. The zero-order chi connectivity index (χ0) is 24.4. The van der Waals surface area contributed by atoms with E-state index in [4.69, 9.17) is 9.47 Å². The molecule has 0 aliphatic carbocycles. The largest absolute Gasteiger partial charge is 0.476 e. The van der Waals surface area contributed by atoms with E-state index in [0.29, 0.717) is 5.75 Å². The number of rotatable bonds is 6. The molecule has 0 atom stereocenters.